The summed E-state index contributed by atoms with van der Waals surface area (Å²) in [5, 5.41) is 1.18. The fourth-order valence-corrected chi connectivity index (χ4v) is 2.68. The summed E-state index contributed by atoms with van der Waals surface area (Å²) in [7, 11) is 0. The molecular formula is C17H16N2O. The van der Waals surface area contributed by atoms with E-state index in [0.717, 1.165) is 28.6 Å². The van der Waals surface area contributed by atoms with Crippen molar-refractivity contribution in [2.24, 2.45) is 5.73 Å². The number of aromatic amines is 1. The lowest BCUT2D eigenvalue weighted by atomic mass is 9.93. The number of amides is 1. The zero-order chi connectivity index (χ0) is 14.1. The Morgan fingerprint density at radius 3 is 2.80 bits per heavy atom. The van der Waals surface area contributed by atoms with Crippen LogP contribution in [0.4, 0.5) is 0 Å². The van der Waals surface area contributed by atoms with Crippen LogP contribution in [0.25, 0.3) is 22.0 Å². The number of benzene rings is 2. The average molecular weight is 264 g/mol. The summed E-state index contributed by atoms with van der Waals surface area (Å²) < 4.78 is 0. The van der Waals surface area contributed by atoms with Crippen molar-refractivity contribution in [2.75, 3.05) is 0 Å². The van der Waals surface area contributed by atoms with Gasteiger partial charge in [-0.05, 0) is 46.7 Å². The quantitative estimate of drug-likeness (QED) is 0.747. The molecule has 0 aliphatic rings. The summed E-state index contributed by atoms with van der Waals surface area (Å²) in [6, 6.07) is 14.0. The van der Waals surface area contributed by atoms with E-state index in [1.54, 1.807) is 6.07 Å². The highest BCUT2D eigenvalue weighted by molar-refractivity contribution is 5.97. The molecule has 0 spiro atoms. The van der Waals surface area contributed by atoms with E-state index in [9.17, 15) is 4.79 Å². The number of primary amides is 1. The summed E-state index contributed by atoms with van der Waals surface area (Å²) in [6.45, 7) is 2.04. The molecule has 3 aromatic rings. The molecule has 1 heterocycles. The molecule has 0 unspecified atom stereocenters. The third kappa shape index (κ3) is 1.97. The van der Waals surface area contributed by atoms with Gasteiger partial charge in [0.15, 0.2) is 0 Å². The molecule has 3 rings (SSSR count). The highest BCUT2D eigenvalue weighted by atomic mass is 16.1. The summed E-state index contributed by atoms with van der Waals surface area (Å²) in [5.74, 6) is -0.371. The predicted molar refractivity (Wildman–Crippen MR) is 81.6 cm³/mol. The van der Waals surface area contributed by atoms with Gasteiger partial charge in [-0.3, -0.25) is 4.79 Å². The number of nitrogens with two attached hydrogens (primary N) is 1. The van der Waals surface area contributed by atoms with Crippen LogP contribution < -0.4 is 5.73 Å². The van der Waals surface area contributed by atoms with Crippen LogP contribution in [0.5, 0.6) is 0 Å². The van der Waals surface area contributed by atoms with Gasteiger partial charge in [-0.2, -0.15) is 0 Å². The lowest BCUT2D eigenvalue weighted by Gasteiger charge is -2.12. The SMILES string of the molecule is CCc1c(C(N)=O)cccc1-c1ccc2cc[nH]c2c1. The van der Waals surface area contributed by atoms with E-state index in [1.807, 2.05) is 31.3 Å². The average Bonchev–Trinajstić information content (AvgIpc) is 2.93. The maximum absolute atomic E-state index is 11.6. The van der Waals surface area contributed by atoms with E-state index < -0.39 is 0 Å². The Balaban J connectivity index is 2.22. The molecule has 0 fully saturated rings. The Labute approximate surface area is 117 Å². The van der Waals surface area contributed by atoms with Crippen molar-refractivity contribution in [1.82, 2.24) is 4.98 Å². The maximum Gasteiger partial charge on any atom is 0.248 e. The Morgan fingerprint density at radius 2 is 2.05 bits per heavy atom. The van der Waals surface area contributed by atoms with Crippen molar-refractivity contribution >= 4 is 16.8 Å². The summed E-state index contributed by atoms with van der Waals surface area (Å²) in [6.07, 6.45) is 2.70. The third-order valence-corrected chi connectivity index (χ3v) is 3.66. The molecule has 3 nitrogen and oxygen atoms in total. The first-order valence-electron chi connectivity index (χ1n) is 6.70. The van der Waals surface area contributed by atoms with Gasteiger partial charge in [0.05, 0.1) is 0 Å². The van der Waals surface area contributed by atoms with E-state index in [4.69, 9.17) is 5.73 Å². The van der Waals surface area contributed by atoms with Gasteiger partial charge in [-0.15, -0.1) is 0 Å². The summed E-state index contributed by atoms with van der Waals surface area (Å²) in [5.41, 5.74) is 10.3. The molecule has 0 bridgehead atoms. The predicted octanol–water partition coefficient (Wildman–Crippen LogP) is 3.50. The smallest absolute Gasteiger partial charge is 0.248 e. The standard InChI is InChI=1S/C17H16N2O/c1-2-13-14(4-3-5-15(13)17(18)20)12-7-6-11-8-9-19-16(11)10-12/h3-10,19H,2H2,1H3,(H2,18,20). The van der Waals surface area contributed by atoms with Crippen LogP contribution in [0.2, 0.25) is 0 Å². The van der Waals surface area contributed by atoms with Crippen LogP contribution in [-0.4, -0.2) is 10.9 Å². The van der Waals surface area contributed by atoms with Crippen molar-refractivity contribution < 1.29 is 4.79 Å². The van der Waals surface area contributed by atoms with Gasteiger partial charge in [0.1, 0.15) is 0 Å². The van der Waals surface area contributed by atoms with Crippen molar-refractivity contribution in [3.05, 3.63) is 59.8 Å². The normalized spacial score (nSPS) is 10.8. The Hall–Kier alpha value is -2.55. The number of fused-ring (bicyclic) bond motifs is 1. The molecule has 1 amide bonds. The molecule has 100 valence electrons. The number of aromatic nitrogens is 1. The number of hydrogen-bond donors (Lipinski definition) is 2. The summed E-state index contributed by atoms with van der Waals surface area (Å²) >= 11 is 0. The minimum absolute atomic E-state index is 0.371. The van der Waals surface area contributed by atoms with Gasteiger partial charge in [0.2, 0.25) is 5.91 Å². The zero-order valence-corrected chi connectivity index (χ0v) is 11.3. The number of H-pyrrole nitrogens is 1. The molecule has 2 aromatic carbocycles. The van der Waals surface area contributed by atoms with Crippen LogP contribution in [0.1, 0.15) is 22.8 Å². The Bertz CT molecular complexity index is 787. The molecule has 0 aliphatic carbocycles. The topological polar surface area (TPSA) is 58.9 Å². The second kappa shape index (κ2) is 4.85. The van der Waals surface area contributed by atoms with Gasteiger partial charge in [-0.25, -0.2) is 0 Å². The van der Waals surface area contributed by atoms with E-state index >= 15 is 0 Å². The molecule has 0 atom stereocenters. The minimum Gasteiger partial charge on any atom is -0.366 e. The Morgan fingerprint density at radius 1 is 1.20 bits per heavy atom. The molecule has 1 aromatic heterocycles. The molecule has 3 N–H and O–H groups in total. The minimum atomic E-state index is -0.371. The fourth-order valence-electron chi connectivity index (χ4n) is 2.68. The van der Waals surface area contributed by atoms with Gasteiger partial charge >= 0.3 is 0 Å². The van der Waals surface area contributed by atoms with Crippen molar-refractivity contribution in [3.8, 4) is 11.1 Å². The third-order valence-electron chi connectivity index (χ3n) is 3.66. The monoisotopic (exact) mass is 264 g/mol. The van der Waals surface area contributed by atoms with Gasteiger partial charge in [0.25, 0.3) is 0 Å². The van der Waals surface area contributed by atoms with Crippen LogP contribution in [0.15, 0.2) is 48.7 Å². The first-order valence-corrected chi connectivity index (χ1v) is 6.70. The number of carbonyl (C=O) groups is 1. The van der Waals surface area contributed by atoms with Crippen LogP contribution in [-0.2, 0) is 6.42 Å². The number of rotatable bonds is 3. The second-order valence-corrected chi connectivity index (χ2v) is 4.83. The lowest BCUT2D eigenvalue weighted by molar-refractivity contribution is 0.0999. The zero-order valence-electron chi connectivity index (χ0n) is 11.3. The Kier molecular flexibility index (Phi) is 3.03. The fraction of sp³-hybridized carbons (Fsp3) is 0.118. The maximum atomic E-state index is 11.6. The van der Waals surface area contributed by atoms with Crippen molar-refractivity contribution in [2.45, 2.75) is 13.3 Å². The first kappa shape index (κ1) is 12.5. The molecule has 3 heteroatoms. The molecule has 0 saturated carbocycles. The number of hydrogen-bond acceptors (Lipinski definition) is 1. The van der Waals surface area contributed by atoms with E-state index in [1.165, 1.54) is 5.39 Å². The lowest BCUT2D eigenvalue weighted by Crippen LogP contribution is -2.14. The van der Waals surface area contributed by atoms with E-state index in [-0.39, 0.29) is 5.91 Å². The highest BCUT2D eigenvalue weighted by Gasteiger charge is 2.12. The molecule has 20 heavy (non-hydrogen) atoms. The van der Waals surface area contributed by atoms with Crippen molar-refractivity contribution in [1.29, 1.82) is 0 Å². The molecule has 0 saturated heterocycles. The first-order chi connectivity index (χ1) is 9.70. The second-order valence-electron chi connectivity index (χ2n) is 4.83. The van der Waals surface area contributed by atoms with Crippen molar-refractivity contribution in [3.63, 3.8) is 0 Å². The number of nitrogens with one attached hydrogen (secondary N) is 1. The molecular weight excluding hydrogens is 248 g/mol. The van der Waals surface area contributed by atoms with E-state index in [2.05, 4.69) is 23.2 Å². The molecule has 0 radical (unpaired) electrons. The van der Waals surface area contributed by atoms with Gasteiger partial charge in [-0.1, -0.05) is 31.2 Å². The van der Waals surface area contributed by atoms with Crippen LogP contribution in [0.3, 0.4) is 0 Å². The van der Waals surface area contributed by atoms with Crippen LogP contribution >= 0.6 is 0 Å². The van der Waals surface area contributed by atoms with Crippen LogP contribution in [0, 0.1) is 0 Å². The summed E-state index contributed by atoms with van der Waals surface area (Å²) in [4.78, 5) is 14.8. The molecule has 0 aliphatic heterocycles. The highest BCUT2D eigenvalue weighted by Crippen LogP contribution is 2.29. The van der Waals surface area contributed by atoms with Gasteiger partial charge < -0.3 is 10.7 Å². The number of carbonyl (C=O) groups excluding carboxylic acids is 1. The van der Waals surface area contributed by atoms with E-state index in [0.29, 0.717) is 5.56 Å². The van der Waals surface area contributed by atoms with Gasteiger partial charge in [0, 0.05) is 17.3 Å². The largest absolute Gasteiger partial charge is 0.366 e.